The molecule has 7 aromatic carbocycles. The first kappa shape index (κ1) is 33.2. The van der Waals surface area contributed by atoms with Gasteiger partial charge in [-0.25, -0.2) is 0 Å². The van der Waals surface area contributed by atoms with Gasteiger partial charge in [0.05, 0.1) is 22.6 Å². The van der Waals surface area contributed by atoms with Gasteiger partial charge in [-0.15, -0.1) is 15.3 Å². The van der Waals surface area contributed by atoms with E-state index in [-0.39, 0.29) is 39.9 Å². The first-order valence-corrected chi connectivity index (χ1v) is 16.3. The molecule has 11 nitrogen and oxygen atoms in total. The molecule has 11 heteroatoms. The number of hydrogen-bond acceptors (Lipinski definition) is 10. The van der Waals surface area contributed by atoms with E-state index in [4.69, 9.17) is 0 Å². The van der Waals surface area contributed by atoms with E-state index in [1.165, 1.54) is 6.07 Å². The van der Waals surface area contributed by atoms with Gasteiger partial charge < -0.3 is 20.6 Å². The predicted molar refractivity (Wildman–Crippen MR) is 202 cm³/mol. The molecule has 0 aliphatic carbocycles. The SMILES string of the molecule is Cc1cccc(N=Nc2ccc(N=Nc3c(C)cc4ccc(N=Nc5c(O)c(C(=O)Nc6ccccc6)cc6ccccc56)cc4c3O)c(O)c2)c1. The highest BCUT2D eigenvalue weighted by Crippen LogP contribution is 2.43. The number of fused-ring (bicyclic) bond motifs is 2. The average molecular weight is 686 g/mol. The van der Waals surface area contributed by atoms with Crippen LogP contribution in [0.25, 0.3) is 21.5 Å². The number of para-hydroxylation sites is 1. The van der Waals surface area contributed by atoms with Crippen molar-refractivity contribution in [3.05, 3.63) is 144 Å². The summed E-state index contributed by atoms with van der Waals surface area (Å²) in [6.07, 6.45) is 0. The maximum absolute atomic E-state index is 13.2. The molecule has 254 valence electrons. The number of azo groups is 3. The number of nitrogens with one attached hydrogen (secondary N) is 1. The number of nitrogens with zero attached hydrogens (tertiary/aromatic N) is 6. The number of carbonyl (C=O) groups is 1. The van der Waals surface area contributed by atoms with Gasteiger partial charge in [-0.2, -0.15) is 15.3 Å². The van der Waals surface area contributed by atoms with Crippen LogP contribution in [0.3, 0.4) is 0 Å². The summed E-state index contributed by atoms with van der Waals surface area (Å²) >= 11 is 0. The van der Waals surface area contributed by atoms with Crippen molar-refractivity contribution in [2.75, 3.05) is 5.32 Å². The smallest absolute Gasteiger partial charge is 0.259 e. The van der Waals surface area contributed by atoms with E-state index in [0.29, 0.717) is 44.5 Å². The van der Waals surface area contributed by atoms with Crippen molar-refractivity contribution >= 4 is 67.3 Å². The van der Waals surface area contributed by atoms with Crippen LogP contribution < -0.4 is 5.32 Å². The fourth-order valence-electron chi connectivity index (χ4n) is 5.67. The van der Waals surface area contributed by atoms with Crippen LogP contribution in [-0.2, 0) is 0 Å². The molecule has 0 bridgehead atoms. The summed E-state index contributed by atoms with van der Waals surface area (Å²) in [5.74, 6) is -1.09. The lowest BCUT2D eigenvalue weighted by Crippen LogP contribution is -2.12. The molecule has 7 rings (SSSR count). The standard InChI is InChI=1S/C41H31N7O4/c1-24-9-8-13-29(19-24)43-44-31-17-18-35(36(49)23-31)46-47-37-25(2)20-27-15-16-30(22-33(27)39(37)50)45-48-38-32-14-7-6-10-26(32)21-34(40(38)51)41(52)42-28-11-4-3-5-12-28/h3-23,49-51H,1-2H3,(H,42,52). The van der Waals surface area contributed by atoms with Gasteiger partial charge in [-0.3, -0.25) is 4.79 Å². The Morgan fingerprint density at radius 2 is 1.21 bits per heavy atom. The molecule has 0 unspecified atom stereocenters. The van der Waals surface area contributed by atoms with Crippen molar-refractivity contribution in [1.29, 1.82) is 0 Å². The molecule has 0 saturated heterocycles. The van der Waals surface area contributed by atoms with Gasteiger partial charge in [-0.1, -0.05) is 60.7 Å². The lowest BCUT2D eigenvalue weighted by molar-refractivity contribution is 0.102. The molecule has 0 aliphatic heterocycles. The van der Waals surface area contributed by atoms with Gasteiger partial charge in [0.1, 0.15) is 22.8 Å². The van der Waals surface area contributed by atoms with Gasteiger partial charge in [0.2, 0.25) is 0 Å². The van der Waals surface area contributed by atoms with E-state index in [9.17, 15) is 20.1 Å². The molecular weight excluding hydrogens is 654 g/mol. The molecule has 0 atom stereocenters. The first-order chi connectivity index (χ1) is 25.2. The monoisotopic (exact) mass is 685 g/mol. The molecular formula is C41H31N7O4. The quantitative estimate of drug-likeness (QED) is 0.117. The number of rotatable bonds is 8. The molecule has 0 heterocycles. The number of amides is 1. The Morgan fingerprint density at radius 1 is 0.538 bits per heavy atom. The fourth-order valence-corrected chi connectivity index (χ4v) is 5.67. The number of benzene rings is 7. The molecule has 1 amide bonds. The Morgan fingerprint density at radius 3 is 2.00 bits per heavy atom. The Kier molecular flexibility index (Phi) is 9.14. The maximum atomic E-state index is 13.2. The summed E-state index contributed by atoms with van der Waals surface area (Å²) in [4.78, 5) is 13.2. The lowest BCUT2D eigenvalue weighted by Gasteiger charge is -2.11. The third kappa shape index (κ3) is 7.05. The van der Waals surface area contributed by atoms with Crippen molar-refractivity contribution in [3.63, 3.8) is 0 Å². The minimum atomic E-state index is -0.494. The Balaban J connectivity index is 1.17. The highest BCUT2D eigenvalue weighted by molar-refractivity contribution is 6.11. The van der Waals surface area contributed by atoms with Gasteiger partial charge in [0.25, 0.3) is 5.91 Å². The molecule has 7 aromatic rings. The van der Waals surface area contributed by atoms with Gasteiger partial charge in [0, 0.05) is 22.5 Å². The van der Waals surface area contributed by atoms with E-state index in [0.717, 1.165) is 10.9 Å². The highest BCUT2D eigenvalue weighted by Gasteiger charge is 2.19. The van der Waals surface area contributed by atoms with Crippen LogP contribution in [0.15, 0.2) is 158 Å². The normalized spacial score (nSPS) is 11.7. The third-order valence-corrected chi connectivity index (χ3v) is 8.30. The second-order valence-electron chi connectivity index (χ2n) is 12.1. The first-order valence-electron chi connectivity index (χ1n) is 16.3. The van der Waals surface area contributed by atoms with E-state index in [2.05, 4.69) is 36.0 Å². The summed E-state index contributed by atoms with van der Waals surface area (Å²) in [5.41, 5.74) is 4.38. The number of phenolic OH excluding ortho intramolecular Hbond substituents is 3. The van der Waals surface area contributed by atoms with Crippen LogP contribution in [0.1, 0.15) is 21.5 Å². The lowest BCUT2D eigenvalue weighted by atomic mass is 10.0. The number of anilines is 1. The van der Waals surface area contributed by atoms with Crippen LogP contribution in [0.5, 0.6) is 17.2 Å². The van der Waals surface area contributed by atoms with Crippen molar-refractivity contribution in [3.8, 4) is 17.2 Å². The van der Waals surface area contributed by atoms with Crippen molar-refractivity contribution in [1.82, 2.24) is 0 Å². The summed E-state index contributed by atoms with van der Waals surface area (Å²) in [6.45, 7) is 3.76. The van der Waals surface area contributed by atoms with Crippen LogP contribution in [0.4, 0.5) is 39.8 Å². The highest BCUT2D eigenvalue weighted by atomic mass is 16.3. The molecule has 0 saturated carbocycles. The van der Waals surface area contributed by atoms with Crippen LogP contribution in [-0.4, -0.2) is 21.2 Å². The zero-order chi connectivity index (χ0) is 36.2. The molecule has 0 aromatic heterocycles. The number of aryl methyl sites for hydroxylation is 2. The third-order valence-electron chi connectivity index (χ3n) is 8.30. The summed E-state index contributed by atoms with van der Waals surface area (Å²) in [6, 6.07) is 37.1. The van der Waals surface area contributed by atoms with Gasteiger partial charge in [-0.05, 0) is 96.4 Å². The number of aromatic hydroxyl groups is 3. The minimum absolute atomic E-state index is 0.0467. The van der Waals surface area contributed by atoms with E-state index in [1.807, 2.05) is 61.5 Å². The van der Waals surface area contributed by atoms with Crippen molar-refractivity contribution in [2.24, 2.45) is 30.7 Å². The average Bonchev–Trinajstić information content (AvgIpc) is 3.14. The second-order valence-corrected chi connectivity index (χ2v) is 12.1. The summed E-state index contributed by atoms with van der Waals surface area (Å²) in [5, 5.41) is 64.2. The summed E-state index contributed by atoms with van der Waals surface area (Å²) in [7, 11) is 0. The second kappa shape index (κ2) is 14.3. The molecule has 52 heavy (non-hydrogen) atoms. The Bertz CT molecular complexity index is 2580. The number of hydrogen-bond donors (Lipinski definition) is 4. The Labute approximate surface area is 298 Å². The van der Waals surface area contributed by atoms with Crippen LogP contribution in [0, 0.1) is 13.8 Å². The van der Waals surface area contributed by atoms with Crippen molar-refractivity contribution < 1.29 is 20.1 Å². The zero-order valence-electron chi connectivity index (χ0n) is 28.1. The predicted octanol–water partition coefficient (Wildman–Crippen LogP) is 12.2. The molecule has 0 radical (unpaired) electrons. The van der Waals surface area contributed by atoms with Crippen LogP contribution in [0.2, 0.25) is 0 Å². The largest absolute Gasteiger partial charge is 0.506 e. The molecule has 0 aliphatic rings. The van der Waals surface area contributed by atoms with Crippen LogP contribution >= 0.6 is 0 Å². The molecule has 0 spiro atoms. The maximum Gasteiger partial charge on any atom is 0.259 e. The zero-order valence-corrected chi connectivity index (χ0v) is 28.1. The van der Waals surface area contributed by atoms with E-state index >= 15 is 0 Å². The summed E-state index contributed by atoms with van der Waals surface area (Å²) < 4.78 is 0. The number of phenols is 3. The van der Waals surface area contributed by atoms with Gasteiger partial charge in [0.15, 0.2) is 11.5 Å². The topological polar surface area (TPSA) is 164 Å². The minimum Gasteiger partial charge on any atom is -0.506 e. The van der Waals surface area contributed by atoms with E-state index in [1.54, 1.807) is 73.7 Å². The molecule has 0 fully saturated rings. The molecule has 4 N–H and O–H groups in total. The fraction of sp³-hybridized carbons (Fsp3) is 0.0488. The number of carbonyl (C=O) groups excluding carboxylic acids is 1. The Hall–Kier alpha value is -7.27. The van der Waals surface area contributed by atoms with Crippen molar-refractivity contribution in [2.45, 2.75) is 13.8 Å². The van der Waals surface area contributed by atoms with Gasteiger partial charge >= 0.3 is 0 Å². The van der Waals surface area contributed by atoms with E-state index < -0.39 is 5.91 Å².